The lowest BCUT2D eigenvalue weighted by Gasteiger charge is -1.97. The van der Waals surface area contributed by atoms with Gasteiger partial charge in [0.05, 0.1) is 10.6 Å². The van der Waals surface area contributed by atoms with Crippen molar-refractivity contribution in [2.24, 2.45) is 0 Å². The highest BCUT2D eigenvalue weighted by Gasteiger charge is 2.12. The summed E-state index contributed by atoms with van der Waals surface area (Å²) in [7, 11) is 0. The predicted molar refractivity (Wildman–Crippen MR) is 51.5 cm³/mol. The van der Waals surface area contributed by atoms with Crippen LogP contribution in [0.1, 0.15) is 5.56 Å². The summed E-state index contributed by atoms with van der Waals surface area (Å²) >= 11 is 7.05. The van der Waals surface area contributed by atoms with Crippen molar-refractivity contribution in [1.82, 2.24) is 0 Å². The first-order valence-corrected chi connectivity index (χ1v) is 4.75. The van der Waals surface area contributed by atoms with E-state index in [0.29, 0.717) is 5.39 Å². The van der Waals surface area contributed by atoms with E-state index in [1.54, 1.807) is 11.4 Å². The molecular weight excluding hydrogens is 209 g/mol. The lowest BCUT2D eigenvalue weighted by molar-refractivity contribution is 0.626. The molecule has 0 saturated heterocycles. The fourth-order valence-electron chi connectivity index (χ4n) is 1.16. The van der Waals surface area contributed by atoms with Crippen LogP contribution in [0.4, 0.5) is 4.39 Å². The van der Waals surface area contributed by atoms with Crippen LogP contribution in [-0.2, 0) is 0 Å². The number of hydrogen-bond donors (Lipinski definition) is 0. The van der Waals surface area contributed by atoms with E-state index in [9.17, 15) is 4.39 Å². The zero-order chi connectivity index (χ0) is 9.42. The number of halogens is 2. The van der Waals surface area contributed by atoms with E-state index in [4.69, 9.17) is 16.9 Å². The van der Waals surface area contributed by atoms with Gasteiger partial charge in [-0.2, -0.15) is 5.26 Å². The third-order valence-electron chi connectivity index (χ3n) is 1.76. The summed E-state index contributed by atoms with van der Waals surface area (Å²) in [5.74, 6) is -0.630. The quantitative estimate of drug-likeness (QED) is 0.654. The highest BCUT2D eigenvalue weighted by Crippen LogP contribution is 2.30. The molecular formula is C9H3ClFNS. The Morgan fingerprint density at radius 1 is 1.54 bits per heavy atom. The highest BCUT2D eigenvalue weighted by molar-refractivity contribution is 7.17. The Morgan fingerprint density at radius 3 is 3.00 bits per heavy atom. The Labute approximate surface area is 83.0 Å². The van der Waals surface area contributed by atoms with Crippen molar-refractivity contribution in [1.29, 1.82) is 5.26 Å². The van der Waals surface area contributed by atoms with Crippen molar-refractivity contribution in [2.75, 3.05) is 0 Å². The summed E-state index contributed by atoms with van der Waals surface area (Å²) < 4.78 is 14.1. The molecule has 0 spiro atoms. The largest absolute Gasteiger partial charge is 0.204 e. The molecule has 0 unspecified atom stereocenters. The Kier molecular flexibility index (Phi) is 1.95. The lowest BCUT2D eigenvalue weighted by Crippen LogP contribution is -1.85. The van der Waals surface area contributed by atoms with Gasteiger partial charge < -0.3 is 0 Å². The van der Waals surface area contributed by atoms with Crippen molar-refractivity contribution >= 4 is 33.0 Å². The Hall–Kier alpha value is -1.11. The van der Waals surface area contributed by atoms with Gasteiger partial charge in [0.1, 0.15) is 6.07 Å². The smallest absolute Gasteiger partial charge is 0.160 e. The fourth-order valence-corrected chi connectivity index (χ4v) is 2.27. The van der Waals surface area contributed by atoms with Gasteiger partial charge in [-0.3, -0.25) is 0 Å². The summed E-state index contributed by atoms with van der Waals surface area (Å²) in [5, 5.41) is 11.2. The second-order valence-corrected chi connectivity index (χ2v) is 3.85. The van der Waals surface area contributed by atoms with Crippen molar-refractivity contribution < 1.29 is 4.39 Å². The second-order valence-electron chi connectivity index (χ2n) is 2.49. The SMILES string of the molecule is N#Cc1c(F)c(Cl)cc2sccc12. The van der Waals surface area contributed by atoms with Gasteiger partial charge in [-0.1, -0.05) is 11.6 Å². The fraction of sp³-hybridized carbons (Fsp3) is 0. The van der Waals surface area contributed by atoms with Crippen LogP contribution in [0.5, 0.6) is 0 Å². The van der Waals surface area contributed by atoms with E-state index in [0.717, 1.165) is 4.70 Å². The van der Waals surface area contributed by atoms with Gasteiger partial charge >= 0.3 is 0 Å². The van der Waals surface area contributed by atoms with Gasteiger partial charge in [0.25, 0.3) is 0 Å². The molecule has 1 heterocycles. The summed E-state index contributed by atoms with van der Waals surface area (Å²) in [5.41, 5.74) is 0.0313. The summed E-state index contributed by atoms with van der Waals surface area (Å²) in [6.07, 6.45) is 0. The van der Waals surface area contributed by atoms with E-state index in [1.165, 1.54) is 17.4 Å². The third-order valence-corrected chi connectivity index (χ3v) is 2.90. The number of hydrogen-bond acceptors (Lipinski definition) is 2. The van der Waals surface area contributed by atoms with Gasteiger partial charge in [-0.25, -0.2) is 4.39 Å². The number of rotatable bonds is 0. The van der Waals surface area contributed by atoms with E-state index in [2.05, 4.69) is 0 Å². The van der Waals surface area contributed by atoms with E-state index in [-0.39, 0.29) is 10.6 Å². The number of fused-ring (bicyclic) bond motifs is 1. The van der Waals surface area contributed by atoms with Gasteiger partial charge in [-0.05, 0) is 17.5 Å². The average molecular weight is 212 g/mol. The monoisotopic (exact) mass is 211 g/mol. The van der Waals surface area contributed by atoms with E-state index < -0.39 is 5.82 Å². The molecule has 0 fully saturated rings. The van der Waals surface area contributed by atoms with Gasteiger partial charge in [0.2, 0.25) is 0 Å². The minimum absolute atomic E-state index is 0.00602. The molecule has 64 valence electrons. The first kappa shape index (κ1) is 8.49. The number of benzene rings is 1. The molecule has 0 radical (unpaired) electrons. The van der Waals surface area contributed by atoms with Crippen LogP contribution in [0.3, 0.4) is 0 Å². The van der Waals surface area contributed by atoms with Gasteiger partial charge in [0.15, 0.2) is 5.82 Å². The first-order chi connectivity index (χ1) is 6.24. The molecule has 2 rings (SSSR count). The van der Waals surface area contributed by atoms with E-state index >= 15 is 0 Å². The summed E-state index contributed by atoms with van der Waals surface area (Å²) in [4.78, 5) is 0. The summed E-state index contributed by atoms with van der Waals surface area (Å²) in [6.45, 7) is 0. The molecule has 1 aromatic carbocycles. The zero-order valence-electron chi connectivity index (χ0n) is 6.34. The molecule has 0 saturated carbocycles. The molecule has 4 heteroatoms. The number of nitriles is 1. The topological polar surface area (TPSA) is 23.8 Å². The van der Waals surface area contributed by atoms with Crippen LogP contribution in [0.15, 0.2) is 17.5 Å². The molecule has 0 amide bonds. The molecule has 1 aromatic heterocycles. The molecule has 0 aliphatic carbocycles. The van der Waals surface area contributed by atoms with Crippen LogP contribution < -0.4 is 0 Å². The molecule has 0 aliphatic heterocycles. The maximum absolute atomic E-state index is 13.3. The maximum Gasteiger partial charge on any atom is 0.160 e. The molecule has 1 nitrogen and oxygen atoms in total. The van der Waals surface area contributed by atoms with Crippen LogP contribution in [0.25, 0.3) is 10.1 Å². The van der Waals surface area contributed by atoms with Crippen LogP contribution in [0.2, 0.25) is 5.02 Å². The van der Waals surface area contributed by atoms with Crippen LogP contribution in [-0.4, -0.2) is 0 Å². The standard InChI is InChI=1S/C9H3ClFNS/c10-7-3-8-5(1-2-13-8)6(4-12)9(7)11/h1-3H. The lowest BCUT2D eigenvalue weighted by atomic mass is 10.1. The molecule has 2 aromatic rings. The first-order valence-electron chi connectivity index (χ1n) is 3.49. The Bertz CT molecular complexity index is 512. The minimum atomic E-state index is -0.630. The Morgan fingerprint density at radius 2 is 2.31 bits per heavy atom. The third kappa shape index (κ3) is 1.19. The van der Waals surface area contributed by atoms with Gasteiger partial charge in [0, 0.05) is 10.1 Å². The average Bonchev–Trinajstić information content (AvgIpc) is 2.54. The van der Waals surface area contributed by atoms with Crippen LogP contribution in [0, 0.1) is 17.1 Å². The second kappa shape index (κ2) is 2.99. The minimum Gasteiger partial charge on any atom is -0.204 e. The van der Waals surface area contributed by atoms with Gasteiger partial charge in [-0.15, -0.1) is 11.3 Å². The van der Waals surface area contributed by atoms with Crippen molar-refractivity contribution in [3.63, 3.8) is 0 Å². The summed E-state index contributed by atoms with van der Waals surface area (Å²) in [6, 6.07) is 5.07. The van der Waals surface area contributed by atoms with Crippen molar-refractivity contribution in [2.45, 2.75) is 0 Å². The molecule has 0 aliphatic rings. The van der Waals surface area contributed by atoms with E-state index in [1.807, 2.05) is 6.07 Å². The zero-order valence-corrected chi connectivity index (χ0v) is 7.92. The predicted octanol–water partition coefficient (Wildman–Crippen LogP) is 3.57. The van der Waals surface area contributed by atoms with Crippen molar-refractivity contribution in [3.8, 4) is 6.07 Å². The van der Waals surface area contributed by atoms with Crippen molar-refractivity contribution in [3.05, 3.63) is 33.9 Å². The molecule has 0 atom stereocenters. The van der Waals surface area contributed by atoms with Crippen LogP contribution >= 0.6 is 22.9 Å². The Balaban J connectivity index is 2.98. The highest BCUT2D eigenvalue weighted by atomic mass is 35.5. The molecule has 13 heavy (non-hydrogen) atoms. The maximum atomic E-state index is 13.3. The number of thiophene rings is 1. The number of nitrogens with zero attached hydrogens (tertiary/aromatic N) is 1. The molecule has 0 bridgehead atoms. The normalized spacial score (nSPS) is 10.2. The molecule has 0 N–H and O–H groups in total.